The molecule has 2 aromatic heterocycles. The van der Waals surface area contributed by atoms with Crippen LogP contribution in [-0.4, -0.2) is 36.8 Å². The van der Waals surface area contributed by atoms with E-state index in [2.05, 4.69) is 10.1 Å². The van der Waals surface area contributed by atoms with Gasteiger partial charge in [-0.25, -0.2) is 0 Å². The van der Waals surface area contributed by atoms with Crippen molar-refractivity contribution in [3.8, 4) is 22.3 Å². The molecular weight excluding hydrogens is 354 g/mol. The molecule has 0 saturated carbocycles. The van der Waals surface area contributed by atoms with Crippen molar-refractivity contribution in [2.24, 2.45) is 0 Å². The van der Waals surface area contributed by atoms with Gasteiger partial charge in [0, 0.05) is 30.6 Å². The van der Waals surface area contributed by atoms with Gasteiger partial charge in [-0.15, -0.1) is 11.3 Å². The minimum atomic E-state index is -0.104. The first-order valence-electron chi connectivity index (χ1n) is 8.09. The Labute approximate surface area is 154 Å². The molecule has 0 N–H and O–H groups in total. The van der Waals surface area contributed by atoms with Crippen molar-refractivity contribution >= 4 is 22.9 Å². The van der Waals surface area contributed by atoms with Crippen molar-refractivity contribution in [1.82, 2.24) is 10.1 Å². The quantitative estimate of drug-likeness (QED) is 0.685. The molecule has 4 rings (SSSR count). The molecule has 7 nitrogen and oxygen atoms in total. The fraction of sp³-hybridized carbons (Fsp3) is 0.278. The summed E-state index contributed by atoms with van der Waals surface area (Å²) in [6.45, 7) is 0.498. The van der Waals surface area contributed by atoms with E-state index in [9.17, 15) is 4.79 Å². The average molecular weight is 371 g/mol. The second-order valence-corrected chi connectivity index (χ2v) is 6.83. The smallest absolute Gasteiger partial charge is 0.267 e. The zero-order chi connectivity index (χ0) is 18.1. The van der Waals surface area contributed by atoms with E-state index < -0.39 is 0 Å². The summed E-state index contributed by atoms with van der Waals surface area (Å²) >= 11 is 1.54. The van der Waals surface area contributed by atoms with Crippen LogP contribution in [-0.2, 0) is 4.79 Å². The Bertz CT molecular complexity index is 922. The molecule has 26 heavy (non-hydrogen) atoms. The molecule has 1 aliphatic rings. The molecule has 0 spiro atoms. The molecule has 1 amide bonds. The summed E-state index contributed by atoms with van der Waals surface area (Å²) in [5, 5.41) is 6.03. The van der Waals surface area contributed by atoms with Gasteiger partial charge in [-0.1, -0.05) is 11.2 Å². The number of benzene rings is 1. The summed E-state index contributed by atoms with van der Waals surface area (Å²) in [5.41, 5.74) is 0.761. The van der Waals surface area contributed by atoms with Gasteiger partial charge in [-0.05, 0) is 23.6 Å². The normalized spacial score (nSPS) is 16.9. The number of anilines is 1. The highest BCUT2D eigenvalue weighted by Gasteiger charge is 2.35. The predicted molar refractivity (Wildman–Crippen MR) is 96.9 cm³/mol. The fourth-order valence-electron chi connectivity index (χ4n) is 3.02. The number of methoxy groups -OCH3 is 2. The second kappa shape index (κ2) is 6.80. The summed E-state index contributed by atoms with van der Waals surface area (Å²) in [7, 11) is 3.15. The largest absolute Gasteiger partial charge is 0.493 e. The molecule has 3 aromatic rings. The lowest BCUT2D eigenvalue weighted by molar-refractivity contribution is -0.117. The van der Waals surface area contributed by atoms with Crippen molar-refractivity contribution in [3.63, 3.8) is 0 Å². The van der Waals surface area contributed by atoms with Crippen LogP contribution in [0, 0.1) is 0 Å². The zero-order valence-corrected chi connectivity index (χ0v) is 15.2. The van der Waals surface area contributed by atoms with Gasteiger partial charge in [-0.3, -0.25) is 4.79 Å². The zero-order valence-electron chi connectivity index (χ0n) is 14.3. The lowest BCUT2D eigenvalue weighted by Gasteiger charge is -2.18. The number of hydrogen-bond acceptors (Lipinski definition) is 7. The van der Waals surface area contributed by atoms with Crippen molar-refractivity contribution in [2.75, 3.05) is 25.7 Å². The molecule has 1 unspecified atom stereocenters. The number of aromatic nitrogens is 2. The number of thiophene rings is 1. The van der Waals surface area contributed by atoms with Crippen molar-refractivity contribution < 1.29 is 18.8 Å². The van der Waals surface area contributed by atoms with E-state index in [0.717, 1.165) is 10.6 Å². The maximum atomic E-state index is 12.5. The fourth-order valence-corrected chi connectivity index (χ4v) is 3.67. The van der Waals surface area contributed by atoms with Gasteiger partial charge in [0.15, 0.2) is 17.3 Å². The van der Waals surface area contributed by atoms with E-state index in [4.69, 9.17) is 14.0 Å². The van der Waals surface area contributed by atoms with Gasteiger partial charge in [0.2, 0.25) is 5.91 Å². The molecule has 1 aliphatic heterocycles. The van der Waals surface area contributed by atoms with E-state index in [1.165, 1.54) is 11.3 Å². The molecule has 1 fully saturated rings. The lowest BCUT2D eigenvalue weighted by Crippen LogP contribution is -2.24. The van der Waals surface area contributed by atoms with Crippen LogP contribution >= 0.6 is 11.3 Å². The van der Waals surface area contributed by atoms with Crippen LogP contribution in [0.25, 0.3) is 10.8 Å². The monoisotopic (exact) mass is 371 g/mol. The summed E-state index contributed by atoms with van der Waals surface area (Å²) < 4.78 is 15.9. The number of ether oxygens (including phenoxy) is 2. The third-order valence-electron chi connectivity index (χ3n) is 4.34. The third kappa shape index (κ3) is 2.92. The molecule has 0 bridgehead atoms. The number of hydrogen-bond donors (Lipinski definition) is 0. The molecule has 0 aliphatic carbocycles. The van der Waals surface area contributed by atoms with Gasteiger partial charge in [-0.2, -0.15) is 4.98 Å². The Morgan fingerprint density at radius 2 is 2.08 bits per heavy atom. The molecular formula is C18H17N3O4S. The number of amides is 1. The molecule has 3 heterocycles. The molecule has 1 saturated heterocycles. The van der Waals surface area contributed by atoms with Crippen LogP contribution in [0.1, 0.15) is 18.2 Å². The van der Waals surface area contributed by atoms with E-state index >= 15 is 0 Å². The highest BCUT2D eigenvalue weighted by Crippen LogP contribution is 2.36. The molecule has 0 radical (unpaired) electrons. The first-order chi connectivity index (χ1) is 12.7. The van der Waals surface area contributed by atoms with Crippen LogP contribution in [0.4, 0.5) is 5.69 Å². The molecule has 1 aromatic carbocycles. The van der Waals surface area contributed by atoms with Gasteiger partial charge >= 0.3 is 0 Å². The van der Waals surface area contributed by atoms with Gasteiger partial charge < -0.3 is 18.9 Å². The Morgan fingerprint density at radius 3 is 2.81 bits per heavy atom. The number of rotatable bonds is 5. The van der Waals surface area contributed by atoms with Gasteiger partial charge in [0.1, 0.15) is 0 Å². The van der Waals surface area contributed by atoms with Crippen LogP contribution in [0.2, 0.25) is 0 Å². The van der Waals surface area contributed by atoms with E-state index in [-0.39, 0.29) is 11.8 Å². The van der Waals surface area contributed by atoms with E-state index in [1.807, 2.05) is 23.6 Å². The first-order valence-corrected chi connectivity index (χ1v) is 8.97. The van der Waals surface area contributed by atoms with Crippen molar-refractivity contribution in [3.05, 3.63) is 41.5 Å². The molecule has 134 valence electrons. The summed E-state index contributed by atoms with van der Waals surface area (Å²) in [6.07, 6.45) is 0.345. The molecule has 1 atom stereocenters. The van der Waals surface area contributed by atoms with Crippen LogP contribution in [0.15, 0.2) is 40.2 Å². The highest BCUT2D eigenvalue weighted by molar-refractivity contribution is 7.13. The summed E-state index contributed by atoms with van der Waals surface area (Å²) in [6, 6.07) is 9.29. The number of nitrogens with zero attached hydrogens (tertiary/aromatic N) is 3. The third-order valence-corrected chi connectivity index (χ3v) is 5.20. The van der Waals surface area contributed by atoms with Crippen molar-refractivity contribution in [1.29, 1.82) is 0 Å². The van der Waals surface area contributed by atoms with Crippen molar-refractivity contribution in [2.45, 2.75) is 12.3 Å². The Kier molecular flexibility index (Phi) is 4.34. The van der Waals surface area contributed by atoms with Gasteiger partial charge in [0.05, 0.1) is 19.1 Å². The average Bonchev–Trinajstić information content (AvgIpc) is 3.40. The Hall–Kier alpha value is -2.87. The highest BCUT2D eigenvalue weighted by atomic mass is 32.1. The first kappa shape index (κ1) is 16.6. The lowest BCUT2D eigenvalue weighted by atomic mass is 10.1. The molecule has 8 heteroatoms. The number of carbonyl (C=O) groups excluding carboxylic acids is 1. The summed E-state index contributed by atoms with van der Waals surface area (Å²) in [4.78, 5) is 19.6. The Balaban J connectivity index is 1.56. The Morgan fingerprint density at radius 1 is 1.23 bits per heavy atom. The number of carbonyl (C=O) groups is 1. The summed E-state index contributed by atoms with van der Waals surface area (Å²) in [5.74, 6) is 2.17. The van der Waals surface area contributed by atoms with E-state index in [1.54, 1.807) is 31.3 Å². The van der Waals surface area contributed by atoms with Gasteiger partial charge in [0.25, 0.3) is 5.89 Å². The predicted octanol–water partition coefficient (Wildman–Crippen LogP) is 3.34. The van der Waals surface area contributed by atoms with Crippen LogP contribution in [0.5, 0.6) is 11.5 Å². The minimum absolute atomic E-state index is 0.0182. The standard InChI is InChI=1S/C18H17N3O4S/c1-23-13-6-5-12(9-14(13)24-2)21-10-11(8-16(21)22)17-19-18(25-20-17)15-4-3-7-26-15/h3-7,9,11H,8,10H2,1-2H3. The van der Waals surface area contributed by atoms with Crippen LogP contribution < -0.4 is 14.4 Å². The topological polar surface area (TPSA) is 77.7 Å². The maximum absolute atomic E-state index is 12.5. The SMILES string of the molecule is COc1ccc(N2CC(c3noc(-c4cccs4)n3)CC2=O)cc1OC. The van der Waals surface area contributed by atoms with Crippen LogP contribution in [0.3, 0.4) is 0 Å². The maximum Gasteiger partial charge on any atom is 0.267 e. The second-order valence-electron chi connectivity index (χ2n) is 5.88. The van der Waals surface area contributed by atoms with E-state index in [0.29, 0.717) is 36.2 Å². The minimum Gasteiger partial charge on any atom is -0.493 e.